The lowest BCUT2D eigenvalue weighted by Gasteiger charge is -2.21. The van der Waals surface area contributed by atoms with Crippen molar-refractivity contribution in [3.63, 3.8) is 0 Å². The highest BCUT2D eigenvalue weighted by Crippen LogP contribution is 2.30. The number of H-pyrrole nitrogens is 1. The van der Waals surface area contributed by atoms with Gasteiger partial charge in [0, 0.05) is 63.0 Å². The molecule has 1 aliphatic rings. The van der Waals surface area contributed by atoms with Crippen molar-refractivity contribution in [1.29, 1.82) is 0 Å². The molecule has 4 rings (SSSR count). The number of nitrogens with zero attached hydrogens (tertiary/aromatic N) is 3. The Labute approximate surface area is 212 Å². The van der Waals surface area contributed by atoms with Gasteiger partial charge in [0.15, 0.2) is 5.96 Å². The van der Waals surface area contributed by atoms with Crippen molar-refractivity contribution in [2.45, 2.75) is 25.3 Å². The number of hydrogen-bond acceptors (Lipinski definition) is 5. The SMILES string of the molecule is CN=C(NCCCc1nc2ccccc2[nH]1)NC1CCN(c2cc(OC)cc(OC)c2)C1.I. The molecule has 1 saturated heterocycles. The normalized spacial score (nSPS) is 15.9. The summed E-state index contributed by atoms with van der Waals surface area (Å²) < 4.78 is 10.8. The molecule has 0 bridgehead atoms. The van der Waals surface area contributed by atoms with Gasteiger partial charge in [0.1, 0.15) is 17.3 Å². The van der Waals surface area contributed by atoms with Gasteiger partial charge in [-0.3, -0.25) is 4.99 Å². The average molecular weight is 564 g/mol. The highest BCUT2D eigenvalue weighted by molar-refractivity contribution is 14.0. The second kappa shape index (κ2) is 12.0. The molecule has 0 saturated carbocycles. The van der Waals surface area contributed by atoms with Crippen LogP contribution in [0, 0.1) is 0 Å². The van der Waals surface area contributed by atoms with Gasteiger partial charge in [0.05, 0.1) is 25.3 Å². The minimum absolute atomic E-state index is 0. The van der Waals surface area contributed by atoms with Gasteiger partial charge < -0.3 is 30.0 Å². The van der Waals surface area contributed by atoms with Crippen molar-refractivity contribution in [2.24, 2.45) is 4.99 Å². The van der Waals surface area contributed by atoms with E-state index in [1.54, 1.807) is 14.2 Å². The first-order valence-electron chi connectivity index (χ1n) is 11.1. The zero-order chi connectivity index (χ0) is 22.3. The summed E-state index contributed by atoms with van der Waals surface area (Å²) in [5.41, 5.74) is 3.22. The predicted molar refractivity (Wildman–Crippen MR) is 144 cm³/mol. The molecule has 0 amide bonds. The zero-order valence-corrected chi connectivity index (χ0v) is 21.8. The summed E-state index contributed by atoms with van der Waals surface area (Å²) in [7, 11) is 5.17. The van der Waals surface area contributed by atoms with E-state index >= 15 is 0 Å². The molecule has 3 N–H and O–H groups in total. The van der Waals surface area contributed by atoms with Gasteiger partial charge in [-0.25, -0.2) is 4.98 Å². The number of rotatable bonds is 8. The number of imidazole rings is 1. The molecule has 1 atom stereocenters. The minimum atomic E-state index is 0. The van der Waals surface area contributed by atoms with Crippen LogP contribution >= 0.6 is 24.0 Å². The molecule has 1 fully saturated rings. The molecule has 1 aliphatic heterocycles. The summed E-state index contributed by atoms with van der Waals surface area (Å²) in [6, 6.07) is 14.5. The maximum Gasteiger partial charge on any atom is 0.191 e. The number of anilines is 1. The number of hydrogen-bond donors (Lipinski definition) is 3. The van der Waals surface area contributed by atoms with E-state index in [2.05, 4.69) is 48.7 Å². The van der Waals surface area contributed by atoms with Crippen molar-refractivity contribution in [2.75, 3.05) is 45.8 Å². The predicted octanol–water partition coefficient (Wildman–Crippen LogP) is 3.57. The quantitative estimate of drug-likeness (QED) is 0.168. The molecule has 1 unspecified atom stereocenters. The second-order valence-corrected chi connectivity index (χ2v) is 7.95. The van der Waals surface area contributed by atoms with E-state index in [4.69, 9.17) is 9.47 Å². The first kappa shape index (κ1) is 24.9. The van der Waals surface area contributed by atoms with Crippen LogP contribution in [0.4, 0.5) is 5.69 Å². The molecule has 33 heavy (non-hydrogen) atoms. The van der Waals surface area contributed by atoms with Crippen LogP contribution in [-0.4, -0.2) is 62.9 Å². The topological polar surface area (TPSA) is 86.8 Å². The smallest absolute Gasteiger partial charge is 0.191 e. The fourth-order valence-electron chi connectivity index (χ4n) is 4.06. The number of aliphatic imine (C=N–C) groups is 1. The van der Waals surface area contributed by atoms with E-state index in [9.17, 15) is 0 Å². The van der Waals surface area contributed by atoms with Gasteiger partial charge >= 0.3 is 0 Å². The van der Waals surface area contributed by atoms with Gasteiger partial charge in [0.2, 0.25) is 0 Å². The van der Waals surface area contributed by atoms with Gasteiger partial charge in [-0.2, -0.15) is 0 Å². The number of aromatic nitrogens is 2. The Hall–Kier alpha value is -2.69. The van der Waals surface area contributed by atoms with Crippen molar-refractivity contribution in [3.05, 3.63) is 48.3 Å². The third-order valence-electron chi connectivity index (χ3n) is 5.78. The van der Waals surface area contributed by atoms with E-state index in [0.717, 1.165) is 78.9 Å². The fraction of sp³-hybridized carbons (Fsp3) is 0.417. The van der Waals surface area contributed by atoms with Crippen LogP contribution in [0.1, 0.15) is 18.7 Å². The Bertz CT molecular complexity index is 1010. The number of nitrogens with one attached hydrogen (secondary N) is 3. The summed E-state index contributed by atoms with van der Waals surface area (Å²) in [5, 5.41) is 6.98. The fourth-order valence-corrected chi connectivity index (χ4v) is 4.06. The van der Waals surface area contributed by atoms with Crippen LogP contribution in [0.5, 0.6) is 11.5 Å². The molecular weight excluding hydrogens is 531 g/mol. The number of methoxy groups -OCH3 is 2. The van der Waals surface area contributed by atoms with Crippen LogP contribution in [0.25, 0.3) is 11.0 Å². The number of halogens is 1. The molecule has 0 spiro atoms. The molecule has 1 aromatic heterocycles. The number of benzene rings is 2. The lowest BCUT2D eigenvalue weighted by molar-refractivity contribution is 0.394. The summed E-state index contributed by atoms with van der Waals surface area (Å²) in [5.74, 6) is 3.47. The van der Waals surface area contributed by atoms with E-state index < -0.39 is 0 Å². The summed E-state index contributed by atoms with van der Waals surface area (Å²) >= 11 is 0. The molecule has 0 radical (unpaired) electrons. The molecule has 2 heterocycles. The molecule has 3 aromatic rings. The van der Waals surface area contributed by atoms with E-state index in [1.165, 1.54) is 0 Å². The molecule has 178 valence electrons. The lowest BCUT2D eigenvalue weighted by atomic mass is 10.2. The van der Waals surface area contributed by atoms with Crippen molar-refractivity contribution >= 4 is 46.7 Å². The van der Waals surface area contributed by atoms with Gasteiger partial charge in [-0.1, -0.05) is 12.1 Å². The highest BCUT2D eigenvalue weighted by Gasteiger charge is 2.24. The molecule has 0 aliphatic carbocycles. The average Bonchev–Trinajstić information content (AvgIpc) is 3.47. The Morgan fingerprint density at radius 3 is 2.64 bits per heavy atom. The first-order valence-corrected chi connectivity index (χ1v) is 11.1. The van der Waals surface area contributed by atoms with Crippen LogP contribution < -0.4 is 25.0 Å². The van der Waals surface area contributed by atoms with Crippen molar-refractivity contribution in [1.82, 2.24) is 20.6 Å². The molecule has 2 aromatic carbocycles. The van der Waals surface area contributed by atoms with E-state index in [1.807, 2.05) is 31.3 Å². The van der Waals surface area contributed by atoms with Crippen molar-refractivity contribution in [3.8, 4) is 11.5 Å². The van der Waals surface area contributed by atoms with Gasteiger partial charge in [-0.05, 0) is 25.0 Å². The monoisotopic (exact) mass is 564 g/mol. The number of ether oxygens (including phenoxy) is 2. The zero-order valence-electron chi connectivity index (χ0n) is 19.4. The Morgan fingerprint density at radius 2 is 1.94 bits per heavy atom. The van der Waals surface area contributed by atoms with Crippen LogP contribution in [0.2, 0.25) is 0 Å². The maximum atomic E-state index is 5.41. The third-order valence-corrected chi connectivity index (χ3v) is 5.78. The Morgan fingerprint density at radius 1 is 1.18 bits per heavy atom. The standard InChI is InChI=1S/C24H32N6O2.HI/c1-25-24(26-11-6-9-23-28-21-7-4-5-8-22(21)29-23)27-17-10-12-30(16-17)18-13-19(31-2)15-20(14-18)32-3;/h4-5,7-8,13-15,17H,6,9-12,16H2,1-3H3,(H,28,29)(H2,25,26,27);1H. The number of para-hydroxylation sites is 2. The molecular formula is C24H33IN6O2. The Kier molecular flexibility index (Phi) is 9.04. The molecule has 9 heteroatoms. The number of aryl methyl sites for hydroxylation is 1. The summed E-state index contributed by atoms with van der Waals surface area (Å²) in [6.07, 6.45) is 2.91. The first-order chi connectivity index (χ1) is 15.7. The van der Waals surface area contributed by atoms with Crippen LogP contribution in [0.15, 0.2) is 47.5 Å². The Balaban J connectivity index is 0.00000306. The number of guanidine groups is 1. The van der Waals surface area contributed by atoms with E-state index in [-0.39, 0.29) is 24.0 Å². The third kappa shape index (κ3) is 6.43. The van der Waals surface area contributed by atoms with Crippen LogP contribution in [-0.2, 0) is 6.42 Å². The maximum absolute atomic E-state index is 5.41. The summed E-state index contributed by atoms with van der Waals surface area (Å²) in [6.45, 7) is 2.70. The second-order valence-electron chi connectivity index (χ2n) is 7.95. The minimum Gasteiger partial charge on any atom is -0.497 e. The largest absolute Gasteiger partial charge is 0.497 e. The highest BCUT2D eigenvalue weighted by atomic mass is 127. The van der Waals surface area contributed by atoms with Gasteiger partial charge in [-0.15, -0.1) is 24.0 Å². The lowest BCUT2D eigenvalue weighted by Crippen LogP contribution is -2.44. The summed E-state index contributed by atoms with van der Waals surface area (Å²) in [4.78, 5) is 14.8. The number of fused-ring (bicyclic) bond motifs is 1. The van der Waals surface area contributed by atoms with Crippen molar-refractivity contribution < 1.29 is 9.47 Å². The molecule has 8 nitrogen and oxygen atoms in total. The number of aromatic amines is 1. The van der Waals surface area contributed by atoms with E-state index in [0.29, 0.717) is 6.04 Å². The van der Waals surface area contributed by atoms with Gasteiger partial charge in [0.25, 0.3) is 0 Å². The van der Waals surface area contributed by atoms with Crippen LogP contribution in [0.3, 0.4) is 0 Å².